The van der Waals surface area contributed by atoms with Crippen molar-refractivity contribution in [2.75, 3.05) is 80.5 Å². The number of hydrogen-bond donors (Lipinski definition) is 0. The van der Waals surface area contributed by atoms with Crippen LogP contribution >= 0.6 is 0 Å². The lowest BCUT2D eigenvalue weighted by atomic mass is 9.60. The number of likely N-dealkylation sites (tertiary alicyclic amines) is 4. The van der Waals surface area contributed by atoms with Crippen molar-refractivity contribution >= 4 is 0 Å². The second-order valence-electron chi connectivity index (χ2n) is 17.3. The minimum Gasteiger partial charge on any atom is -0.306 e. The van der Waals surface area contributed by atoms with Gasteiger partial charge in [0.2, 0.25) is 0 Å². The first-order valence-electron chi connectivity index (χ1n) is 25.8. The third-order valence-electron chi connectivity index (χ3n) is 12.7. The zero-order chi connectivity index (χ0) is 44.6. The summed E-state index contributed by atoms with van der Waals surface area (Å²) in [7, 11) is 8.86. The van der Waals surface area contributed by atoms with Gasteiger partial charge in [0.25, 0.3) is 0 Å². The normalized spacial score (nSPS) is 31.3. The van der Waals surface area contributed by atoms with Crippen molar-refractivity contribution in [1.82, 2.24) is 19.6 Å². The summed E-state index contributed by atoms with van der Waals surface area (Å²) in [6, 6.07) is 0. The summed E-state index contributed by atoms with van der Waals surface area (Å²) in [5.41, 5.74) is 0. The van der Waals surface area contributed by atoms with Gasteiger partial charge in [0.05, 0.1) is 0 Å². The zero-order valence-electron chi connectivity index (χ0n) is 44.0. The SMILES string of the molecule is CC.CC.CC.CC.CC.CC.CC.CC.CC1CC(C2CC(C)C2)C1.CC1CC(C2CN(C)C2)C1.CC1CC(C2CN(C)C2)C1.CN1CC(C2CN(C)C2)C1. The Morgan fingerprint density at radius 1 is 0.214 bits per heavy atom. The molecule has 0 aromatic rings. The van der Waals surface area contributed by atoms with Crippen LogP contribution < -0.4 is 0 Å². The second kappa shape index (κ2) is 39.0. The molecule has 0 atom stereocenters. The van der Waals surface area contributed by atoms with Crippen LogP contribution in [-0.2, 0) is 0 Å². The first-order valence-corrected chi connectivity index (χ1v) is 25.8. The van der Waals surface area contributed by atoms with Gasteiger partial charge in [0.15, 0.2) is 0 Å². The van der Waals surface area contributed by atoms with E-state index in [0.29, 0.717) is 0 Å². The Morgan fingerprint density at radius 2 is 0.321 bits per heavy atom. The monoisotopic (exact) mass is 797 g/mol. The van der Waals surface area contributed by atoms with Gasteiger partial charge in [-0.3, -0.25) is 0 Å². The highest BCUT2D eigenvalue weighted by atomic mass is 15.2. The molecule has 0 aromatic heterocycles. The van der Waals surface area contributed by atoms with Crippen LogP contribution in [0.5, 0.6) is 0 Å². The molecule has 0 radical (unpaired) electrons. The number of rotatable bonds is 4. The molecule has 4 nitrogen and oxygen atoms in total. The fourth-order valence-electron chi connectivity index (χ4n) is 9.58. The molecule has 4 saturated heterocycles. The second-order valence-corrected chi connectivity index (χ2v) is 17.3. The summed E-state index contributed by atoms with van der Waals surface area (Å²) in [5, 5.41) is 0. The highest BCUT2D eigenvalue weighted by Crippen LogP contribution is 2.48. The van der Waals surface area contributed by atoms with Crippen LogP contribution in [0.3, 0.4) is 0 Å². The Balaban J connectivity index is -0.000000287. The molecular formula is C52H116N4. The number of nitrogens with zero attached hydrogens (tertiary/aromatic N) is 4. The summed E-state index contributed by atoms with van der Waals surface area (Å²) >= 11 is 0. The zero-order valence-corrected chi connectivity index (χ0v) is 44.0. The molecule has 56 heavy (non-hydrogen) atoms. The van der Waals surface area contributed by atoms with Crippen molar-refractivity contribution in [3.8, 4) is 0 Å². The van der Waals surface area contributed by atoms with Gasteiger partial charge in [0, 0.05) is 52.4 Å². The van der Waals surface area contributed by atoms with Crippen LogP contribution in [0.4, 0.5) is 0 Å². The van der Waals surface area contributed by atoms with Crippen molar-refractivity contribution in [3.05, 3.63) is 0 Å². The standard InChI is InChI=1S/C10H18.2C9H17N.C8H16N2.8C2H6/c1-7-3-9(4-7)10-5-8(2)6-10;2*1-7-3-8(4-7)9-5-10(2)6-9;1-9-3-7(4-9)8-5-10(2)6-8;8*1-2/h7-10H,3-6H2,1-2H3;2*7-9H,3-6H2,1-2H3;7-8H,3-6H2,1-2H3;8*1-2H3. The molecular weight excluding hydrogens is 681 g/mol. The van der Waals surface area contributed by atoms with Crippen LogP contribution in [0, 0.1) is 71.0 Å². The van der Waals surface area contributed by atoms with Gasteiger partial charge in [-0.1, -0.05) is 138 Å². The summed E-state index contributed by atoms with van der Waals surface area (Å²) < 4.78 is 0. The van der Waals surface area contributed by atoms with E-state index in [2.05, 4.69) is 75.5 Å². The van der Waals surface area contributed by atoms with Crippen molar-refractivity contribution < 1.29 is 0 Å². The average molecular weight is 798 g/mol. The predicted molar refractivity (Wildman–Crippen MR) is 262 cm³/mol. The molecule has 0 spiro atoms. The number of hydrogen-bond acceptors (Lipinski definition) is 4. The van der Waals surface area contributed by atoms with E-state index >= 15 is 0 Å². The topological polar surface area (TPSA) is 13.0 Å². The maximum Gasteiger partial charge on any atom is 0.00226 e. The largest absolute Gasteiger partial charge is 0.306 e. The fraction of sp³-hybridized carbons (Fsp3) is 1.00. The summed E-state index contributed by atoms with van der Waals surface area (Å²) in [5.74, 6) is 12.9. The average Bonchev–Trinajstić information content (AvgIpc) is 3.15. The van der Waals surface area contributed by atoms with Crippen molar-refractivity contribution in [3.63, 3.8) is 0 Å². The predicted octanol–water partition coefficient (Wildman–Crippen LogP) is 14.6. The van der Waals surface area contributed by atoms with E-state index in [-0.39, 0.29) is 0 Å². The summed E-state index contributed by atoms with van der Waals surface area (Å²) in [6.07, 6.45) is 12.2. The molecule has 0 amide bonds. The smallest absolute Gasteiger partial charge is 0.00226 e. The Bertz CT molecular complexity index is 549. The third-order valence-corrected chi connectivity index (χ3v) is 12.7. The molecule has 4 aliphatic carbocycles. The van der Waals surface area contributed by atoms with E-state index in [9.17, 15) is 0 Å². The van der Waals surface area contributed by atoms with E-state index < -0.39 is 0 Å². The lowest BCUT2D eigenvalue weighted by Crippen LogP contribution is -2.57. The van der Waals surface area contributed by atoms with Gasteiger partial charge in [-0.05, 0) is 151 Å². The minimum absolute atomic E-state index is 1.03. The molecule has 4 aliphatic heterocycles. The van der Waals surface area contributed by atoms with E-state index in [1.54, 1.807) is 0 Å². The van der Waals surface area contributed by atoms with Crippen molar-refractivity contribution in [2.45, 2.75) is 190 Å². The fourth-order valence-corrected chi connectivity index (χ4v) is 9.58. The maximum atomic E-state index is 2.42. The molecule has 8 rings (SSSR count). The maximum absolute atomic E-state index is 2.42. The molecule has 4 heteroatoms. The van der Waals surface area contributed by atoms with E-state index in [4.69, 9.17) is 0 Å². The lowest BCUT2D eigenvalue weighted by Gasteiger charge is -2.48. The van der Waals surface area contributed by atoms with Crippen LogP contribution in [0.15, 0.2) is 0 Å². The third kappa shape index (κ3) is 23.6. The van der Waals surface area contributed by atoms with Gasteiger partial charge in [0.1, 0.15) is 0 Å². The van der Waals surface area contributed by atoms with Gasteiger partial charge < -0.3 is 19.6 Å². The van der Waals surface area contributed by atoms with Gasteiger partial charge in [-0.2, -0.15) is 0 Å². The summed E-state index contributed by atoms with van der Waals surface area (Å²) in [6.45, 7) is 52.4. The molecule has 0 bridgehead atoms. The minimum atomic E-state index is 1.03. The Morgan fingerprint density at radius 3 is 0.429 bits per heavy atom. The Labute approximate surface area is 359 Å². The molecule has 0 aromatic carbocycles. The molecule has 344 valence electrons. The molecule has 4 heterocycles. The van der Waals surface area contributed by atoms with Crippen LogP contribution in [0.25, 0.3) is 0 Å². The van der Waals surface area contributed by atoms with E-state index in [1.165, 1.54) is 104 Å². The Hall–Kier alpha value is -0.160. The molecule has 8 fully saturated rings. The van der Waals surface area contributed by atoms with Gasteiger partial charge in [-0.15, -0.1) is 0 Å². The van der Waals surface area contributed by atoms with E-state index in [1.807, 2.05) is 111 Å². The van der Waals surface area contributed by atoms with Crippen molar-refractivity contribution in [1.29, 1.82) is 0 Å². The summed E-state index contributed by atoms with van der Waals surface area (Å²) in [4.78, 5) is 9.66. The quantitative estimate of drug-likeness (QED) is 0.281. The van der Waals surface area contributed by atoms with Crippen LogP contribution in [0.1, 0.15) is 190 Å². The Kier molecular flexibility index (Phi) is 43.5. The highest BCUT2D eigenvalue weighted by Gasteiger charge is 2.40. The lowest BCUT2D eigenvalue weighted by molar-refractivity contribution is 0.00206. The van der Waals surface area contributed by atoms with E-state index in [0.717, 1.165) is 71.0 Å². The highest BCUT2D eigenvalue weighted by molar-refractivity contribution is 4.92. The molecule has 4 saturated carbocycles. The van der Waals surface area contributed by atoms with Gasteiger partial charge in [-0.25, -0.2) is 0 Å². The first kappa shape index (κ1) is 62.5. The van der Waals surface area contributed by atoms with Crippen molar-refractivity contribution in [2.24, 2.45) is 71.0 Å². The van der Waals surface area contributed by atoms with Gasteiger partial charge >= 0.3 is 0 Å². The molecule has 0 unspecified atom stereocenters. The molecule has 8 aliphatic rings. The van der Waals surface area contributed by atoms with Crippen LogP contribution in [0.2, 0.25) is 0 Å². The molecule has 0 N–H and O–H groups in total. The van der Waals surface area contributed by atoms with Crippen LogP contribution in [-0.4, -0.2) is 100 Å². The first-order chi connectivity index (χ1) is 27.0.